The van der Waals surface area contributed by atoms with Gasteiger partial charge in [-0.3, -0.25) is 4.79 Å². The van der Waals surface area contributed by atoms with Crippen molar-refractivity contribution in [2.75, 3.05) is 6.61 Å². The molecule has 0 saturated heterocycles. The standard InChI is InChI=1S/C21H25O2/c1-2-3-8-15-23-21-14-13-17(16-9-4-5-11-19(16)21)18-10-6-7-12-20(18)22/h2,4-5,9,11,13-14,18H,3,6-8,10,12,15H2,1H3. The summed E-state index contributed by atoms with van der Waals surface area (Å²) >= 11 is 0. The van der Waals surface area contributed by atoms with Gasteiger partial charge in [-0.05, 0) is 49.1 Å². The molecule has 1 atom stereocenters. The first kappa shape index (κ1) is 16.0. The second kappa shape index (κ2) is 7.63. The number of Topliss-reactive ketones (excluding diaryl/α,β-unsaturated/α-hetero) is 1. The van der Waals surface area contributed by atoms with Crippen molar-refractivity contribution < 1.29 is 9.53 Å². The molecule has 2 heteroatoms. The molecule has 1 saturated carbocycles. The minimum absolute atomic E-state index is 0.0670. The van der Waals surface area contributed by atoms with Crippen LogP contribution in [0.1, 0.15) is 56.9 Å². The molecule has 23 heavy (non-hydrogen) atoms. The van der Waals surface area contributed by atoms with Crippen LogP contribution in [0.15, 0.2) is 36.4 Å². The first-order chi connectivity index (χ1) is 11.3. The molecule has 0 heterocycles. The fourth-order valence-corrected chi connectivity index (χ4v) is 3.51. The summed E-state index contributed by atoms with van der Waals surface area (Å²) in [4.78, 5) is 12.3. The van der Waals surface area contributed by atoms with Gasteiger partial charge < -0.3 is 4.74 Å². The van der Waals surface area contributed by atoms with Gasteiger partial charge in [-0.2, -0.15) is 0 Å². The lowest BCUT2D eigenvalue weighted by Gasteiger charge is -2.23. The molecule has 0 spiro atoms. The normalized spacial score (nSPS) is 18.3. The van der Waals surface area contributed by atoms with E-state index in [-0.39, 0.29) is 5.92 Å². The van der Waals surface area contributed by atoms with E-state index in [1.54, 1.807) is 0 Å². The lowest BCUT2D eigenvalue weighted by molar-refractivity contribution is -0.121. The zero-order valence-corrected chi connectivity index (χ0v) is 13.9. The Balaban J connectivity index is 1.90. The van der Waals surface area contributed by atoms with E-state index < -0.39 is 0 Å². The average molecular weight is 309 g/mol. The highest BCUT2D eigenvalue weighted by atomic mass is 16.5. The SMILES string of the molecule is C[CH]CCCOc1ccc(C2CCCCC2=O)c2ccccc12. The molecule has 2 aromatic rings. The molecule has 3 rings (SSSR count). The summed E-state index contributed by atoms with van der Waals surface area (Å²) in [6.07, 6.45) is 8.18. The van der Waals surface area contributed by atoms with Crippen LogP contribution in [0.3, 0.4) is 0 Å². The highest BCUT2D eigenvalue weighted by molar-refractivity contribution is 5.96. The second-order valence-corrected chi connectivity index (χ2v) is 6.36. The molecule has 0 aromatic heterocycles. The van der Waals surface area contributed by atoms with Crippen molar-refractivity contribution >= 4 is 16.6 Å². The molecule has 1 radical (unpaired) electrons. The molecule has 0 aliphatic heterocycles. The molecule has 121 valence electrons. The Hall–Kier alpha value is -1.83. The predicted molar refractivity (Wildman–Crippen MR) is 94.9 cm³/mol. The van der Waals surface area contributed by atoms with Crippen LogP contribution in [0, 0.1) is 6.42 Å². The maximum absolute atomic E-state index is 12.3. The molecule has 1 aliphatic rings. The first-order valence-electron chi connectivity index (χ1n) is 8.76. The van der Waals surface area contributed by atoms with Crippen molar-refractivity contribution in [2.45, 2.75) is 51.4 Å². The Labute approximate surface area is 138 Å². The Bertz CT molecular complexity index is 675. The quantitative estimate of drug-likeness (QED) is 0.663. The number of carbonyl (C=O) groups is 1. The monoisotopic (exact) mass is 309 g/mol. The van der Waals surface area contributed by atoms with Crippen LogP contribution < -0.4 is 4.74 Å². The van der Waals surface area contributed by atoms with Crippen LogP contribution in [0.5, 0.6) is 5.75 Å². The third kappa shape index (κ3) is 3.57. The smallest absolute Gasteiger partial charge is 0.140 e. The van der Waals surface area contributed by atoms with E-state index in [1.807, 2.05) is 6.07 Å². The van der Waals surface area contributed by atoms with Crippen molar-refractivity contribution in [1.82, 2.24) is 0 Å². The number of unbranched alkanes of at least 4 members (excludes halogenated alkanes) is 2. The Morgan fingerprint density at radius 1 is 1.13 bits per heavy atom. The molecule has 1 fully saturated rings. The highest BCUT2D eigenvalue weighted by Gasteiger charge is 2.25. The molecule has 2 aromatic carbocycles. The zero-order chi connectivity index (χ0) is 16.1. The number of hydrogen-bond donors (Lipinski definition) is 0. The molecule has 0 bridgehead atoms. The Morgan fingerprint density at radius 2 is 1.96 bits per heavy atom. The lowest BCUT2D eigenvalue weighted by atomic mass is 9.81. The van der Waals surface area contributed by atoms with Gasteiger partial charge in [0.25, 0.3) is 0 Å². The summed E-state index contributed by atoms with van der Waals surface area (Å²) in [6.45, 7) is 2.81. The second-order valence-electron chi connectivity index (χ2n) is 6.36. The fourth-order valence-electron chi connectivity index (χ4n) is 3.51. The van der Waals surface area contributed by atoms with E-state index in [1.165, 1.54) is 10.9 Å². The maximum atomic E-state index is 12.3. The minimum atomic E-state index is 0.0670. The summed E-state index contributed by atoms with van der Waals surface area (Å²) < 4.78 is 5.99. The third-order valence-corrected chi connectivity index (χ3v) is 4.74. The van der Waals surface area contributed by atoms with Crippen LogP contribution >= 0.6 is 0 Å². The van der Waals surface area contributed by atoms with Crippen LogP contribution in [-0.4, -0.2) is 12.4 Å². The van der Waals surface area contributed by atoms with Gasteiger partial charge in [-0.1, -0.05) is 43.7 Å². The van der Waals surface area contributed by atoms with Gasteiger partial charge in [-0.25, -0.2) is 0 Å². The summed E-state index contributed by atoms with van der Waals surface area (Å²) in [5.41, 5.74) is 1.18. The summed E-state index contributed by atoms with van der Waals surface area (Å²) in [5, 5.41) is 2.30. The number of ether oxygens (including phenoxy) is 1. The van der Waals surface area contributed by atoms with E-state index in [2.05, 4.69) is 43.7 Å². The van der Waals surface area contributed by atoms with Gasteiger partial charge in [-0.15, -0.1) is 0 Å². The number of carbonyl (C=O) groups excluding carboxylic acids is 1. The van der Waals surface area contributed by atoms with Crippen LogP contribution in [0.4, 0.5) is 0 Å². The lowest BCUT2D eigenvalue weighted by Crippen LogP contribution is -2.17. The minimum Gasteiger partial charge on any atom is -0.493 e. The third-order valence-electron chi connectivity index (χ3n) is 4.74. The van der Waals surface area contributed by atoms with Crippen molar-refractivity contribution in [1.29, 1.82) is 0 Å². The molecule has 1 unspecified atom stereocenters. The molecule has 0 amide bonds. The number of rotatable bonds is 6. The average Bonchev–Trinajstić information content (AvgIpc) is 2.59. The topological polar surface area (TPSA) is 26.3 Å². The zero-order valence-electron chi connectivity index (χ0n) is 13.9. The summed E-state index contributed by atoms with van der Waals surface area (Å²) in [5.74, 6) is 1.40. The number of fused-ring (bicyclic) bond motifs is 1. The van der Waals surface area contributed by atoms with Crippen LogP contribution in [0.25, 0.3) is 10.8 Å². The van der Waals surface area contributed by atoms with E-state index in [9.17, 15) is 4.79 Å². The predicted octanol–water partition coefficient (Wildman–Crippen LogP) is 5.45. The number of benzene rings is 2. The van der Waals surface area contributed by atoms with Gasteiger partial charge in [0, 0.05) is 17.7 Å². The Kier molecular flexibility index (Phi) is 5.32. The van der Waals surface area contributed by atoms with Gasteiger partial charge >= 0.3 is 0 Å². The molecule has 1 aliphatic carbocycles. The summed E-state index contributed by atoms with van der Waals surface area (Å²) in [6, 6.07) is 12.5. The van der Waals surface area contributed by atoms with Crippen molar-refractivity contribution in [3.05, 3.63) is 48.4 Å². The van der Waals surface area contributed by atoms with Crippen molar-refractivity contribution in [3.8, 4) is 5.75 Å². The fraction of sp³-hybridized carbons (Fsp3) is 0.429. The van der Waals surface area contributed by atoms with Gasteiger partial charge in [0.1, 0.15) is 11.5 Å². The van der Waals surface area contributed by atoms with E-state index in [0.29, 0.717) is 5.78 Å². The van der Waals surface area contributed by atoms with Gasteiger partial charge in [0.2, 0.25) is 0 Å². The highest BCUT2D eigenvalue weighted by Crippen LogP contribution is 2.37. The van der Waals surface area contributed by atoms with Gasteiger partial charge in [0.15, 0.2) is 0 Å². The van der Waals surface area contributed by atoms with Crippen molar-refractivity contribution in [3.63, 3.8) is 0 Å². The van der Waals surface area contributed by atoms with Crippen LogP contribution in [0.2, 0.25) is 0 Å². The number of ketones is 1. The first-order valence-corrected chi connectivity index (χ1v) is 8.76. The maximum Gasteiger partial charge on any atom is 0.140 e. The van der Waals surface area contributed by atoms with E-state index in [0.717, 1.165) is 56.3 Å². The van der Waals surface area contributed by atoms with Gasteiger partial charge in [0.05, 0.1) is 6.61 Å². The van der Waals surface area contributed by atoms with E-state index in [4.69, 9.17) is 4.74 Å². The molecular formula is C21H25O2. The van der Waals surface area contributed by atoms with E-state index >= 15 is 0 Å². The van der Waals surface area contributed by atoms with Crippen molar-refractivity contribution in [2.24, 2.45) is 0 Å². The molecule has 0 N–H and O–H groups in total. The molecular weight excluding hydrogens is 284 g/mol. The molecule has 2 nitrogen and oxygen atoms in total. The summed E-state index contributed by atoms with van der Waals surface area (Å²) in [7, 11) is 0. The van der Waals surface area contributed by atoms with Crippen LogP contribution in [-0.2, 0) is 4.79 Å². The Morgan fingerprint density at radius 3 is 2.74 bits per heavy atom. The largest absolute Gasteiger partial charge is 0.493 e. The number of hydrogen-bond acceptors (Lipinski definition) is 2.